The van der Waals surface area contributed by atoms with Crippen LogP contribution < -0.4 is 5.73 Å². The van der Waals surface area contributed by atoms with E-state index in [9.17, 15) is 0 Å². The molecule has 1 aromatic rings. The molecule has 4 heteroatoms. The van der Waals surface area contributed by atoms with Crippen LogP contribution in [0.1, 0.15) is 30.8 Å². The van der Waals surface area contributed by atoms with Gasteiger partial charge in [-0.05, 0) is 31.4 Å². The summed E-state index contributed by atoms with van der Waals surface area (Å²) in [5.41, 5.74) is 8.12. The lowest BCUT2D eigenvalue weighted by Gasteiger charge is -2.07. The molecule has 1 aromatic heterocycles. The highest BCUT2D eigenvalue weighted by Gasteiger charge is 2.05. The van der Waals surface area contributed by atoms with Crippen molar-refractivity contribution >= 4 is 5.84 Å². The van der Waals surface area contributed by atoms with Gasteiger partial charge in [0.25, 0.3) is 0 Å². The Labute approximate surface area is 89.8 Å². The minimum atomic E-state index is 0.130. The zero-order valence-corrected chi connectivity index (χ0v) is 9.36. The van der Waals surface area contributed by atoms with Crippen molar-refractivity contribution in [2.75, 3.05) is 0 Å². The molecule has 0 amide bonds. The van der Waals surface area contributed by atoms with E-state index in [-0.39, 0.29) is 5.84 Å². The number of aromatic nitrogens is 1. The average Bonchev–Trinajstić information content (AvgIpc) is 2.14. The standard InChI is InChI=1S/C11H17N3O/c1-7(2)4-10-6-9(11(12)14-15)5-8(3)13-10/h5-7,15H,4H2,1-3H3,(H2,12,14). The van der Waals surface area contributed by atoms with Crippen LogP contribution in [0, 0.1) is 12.8 Å². The second-order valence-electron chi connectivity index (χ2n) is 4.07. The Morgan fingerprint density at radius 2 is 2.20 bits per heavy atom. The number of nitrogens with zero attached hydrogens (tertiary/aromatic N) is 2. The molecule has 82 valence electrons. The maximum atomic E-state index is 8.59. The van der Waals surface area contributed by atoms with Crippen molar-refractivity contribution in [2.24, 2.45) is 16.8 Å². The first-order chi connectivity index (χ1) is 7.02. The average molecular weight is 207 g/mol. The lowest BCUT2D eigenvalue weighted by atomic mass is 10.1. The second-order valence-corrected chi connectivity index (χ2v) is 4.07. The molecule has 0 radical (unpaired) electrons. The third-order valence-corrected chi connectivity index (χ3v) is 2.03. The number of oxime groups is 1. The van der Waals surface area contributed by atoms with E-state index in [2.05, 4.69) is 24.0 Å². The van der Waals surface area contributed by atoms with E-state index >= 15 is 0 Å². The first kappa shape index (κ1) is 11.5. The topological polar surface area (TPSA) is 71.5 Å². The molecule has 0 aromatic carbocycles. The van der Waals surface area contributed by atoms with Gasteiger partial charge in [0.15, 0.2) is 5.84 Å². The first-order valence-corrected chi connectivity index (χ1v) is 4.98. The molecule has 0 aliphatic carbocycles. The molecular formula is C11H17N3O. The van der Waals surface area contributed by atoms with E-state index in [0.717, 1.165) is 23.4 Å². The molecule has 0 spiro atoms. The van der Waals surface area contributed by atoms with Gasteiger partial charge in [-0.3, -0.25) is 4.98 Å². The Morgan fingerprint density at radius 3 is 2.73 bits per heavy atom. The summed E-state index contributed by atoms with van der Waals surface area (Å²) in [6.45, 7) is 6.17. The van der Waals surface area contributed by atoms with Crippen molar-refractivity contribution < 1.29 is 5.21 Å². The van der Waals surface area contributed by atoms with E-state index < -0.39 is 0 Å². The van der Waals surface area contributed by atoms with Crippen LogP contribution in [-0.2, 0) is 6.42 Å². The van der Waals surface area contributed by atoms with Crippen molar-refractivity contribution in [1.82, 2.24) is 4.98 Å². The predicted octanol–water partition coefficient (Wildman–Crippen LogP) is 1.68. The number of nitrogens with two attached hydrogens (primary N) is 1. The second kappa shape index (κ2) is 4.77. The summed E-state index contributed by atoms with van der Waals surface area (Å²) in [6, 6.07) is 3.67. The molecule has 0 unspecified atom stereocenters. The minimum absolute atomic E-state index is 0.130. The molecule has 1 heterocycles. The lowest BCUT2D eigenvalue weighted by Crippen LogP contribution is -2.14. The van der Waals surface area contributed by atoms with Gasteiger partial charge in [-0.25, -0.2) is 0 Å². The molecule has 0 aliphatic rings. The maximum absolute atomic E-state index is 8.59. The summed E-state index contributed by atoms with van der Waals surface area (Å²) in [7, 11) is 0. The molecule has 4 nitrogen and oxygen atoms in total. The van der Waals surface area contributed by atoms with Crippen LogP contribution >= 0.6 is 0 Å². The SMILES string of the molecule is Cc1cc(/C(N)=N\O)cc(CC(C)C)n1. The normalized spacial score (nSPS) is 12.1. The molecule has 0 saturated carbocycles. The summed E-state index contributed by atoms with van der Waals surface area (Å²) >= 11 is 0. The minimum Gasteiger partial charge on any atom is -0.409 e. The van der Waals surface area contributed by atoms with Crippen molar-refractivity contribution in [3.63, 3.8) is 0 Å². The van der Waals surface area contributed by atoms with Gasteiger partial charge in [0.2, 0.25) is 0 Å². The fourth-order valence-electron chi connectivity index (χ4n) is 1.47. The Balaban J connectivity index is 3.05. The number of hydrogen-bond donors (Lipinski definition) is 2. The molecule has 0 bridgehead atoms. The maximum Gasteiger partial charge on any atom is 0.170 e. The van der Waals surface area contributed by atoms with Crippen LogP contribution in [0.25, 0.3) is 0 Å². The molecule has 15 heavy (non-hydrogen) atoms. The van der Waals surface area contributed by atoms with Crippen molar-refractivity contribution in [3.8, 4) is 0 Å². The van der Waals surface area contributed by atoms with Crippen LogP contribution in [0.2, 0.25) is 0 Å². The molecule has 0 fully saturated rings. The third kappa shape index (κ3) is 3.23. The van der Waals surface area contributed by atoms with Crippen LogP contribution in [0.3, 0.4) is 0 Å². The van der Waals surface area contributed by atoms with Crippen LogP contribution in [0.5, 0.6) is 0 Å². The molecular weight excluding hydrogens is 190 g/mol. The van der Waals surface area contributed by atoms with Crippen molar-refractivity contribution in [2.45, 2.75) is 27.2 Å². The van der Waals surface area contributed by atoms with Gasteiger partial charge in [-0.2, -0.15) is 0 Å². The van der Waals surface area contributed by atoms with Crippen LogP contribution in [0.4, 0.5) is 0 Å². The Hall–Kier alpha value is -1.58. The smallest absolute Gasteiger partial charge is 0.170 e. The number of aryl methyl sites for hydroxylation is 1. The molecule has 0 saturated heterocycles. The van der Waals surface area contributed by atoms with E-state index in [0.29, 0.717) is 5.92 Å². The Morgan fingerprint density at radius 1 is 1.53 bits per heavy atom. The quantitative estimate of drug-likeness (QED) is 0.343. The summed E-state index contributed by atoms with van der Waals surface area (Å²) < 4.78 is 0. The first-order valence-electron chi connectivity index (χ1n) is 4.98. The van der Waals surface area contributed by atoms with Gasteiger partial charge < -0.3 is 10.9 Å². The summed E-state index contributed by atoms with van der Waals surface area (Å²) in [6.07, 6.45) is 0.896. The van der Waals surface area contributed by atoms with Gasteiger partial charge in [-0.15, -0.1) is 0 Å². The van der Waals surface area contributed by atoms with Gasteiger partial charge >= 0.3 is 0 Å². The third-order valence-electron chi connectivity index (χ3n) is 2.03. The molecule has 0 aliphatic heterocycles. The molecule has 0 atom stereocenters. The van der Waals surface area contributed by atoms with Gasteiger partial charge in [0.1, 0.15) is 0 Å². The summed E-state index contributed by atoms with van der Waals surface area (Å²) in [4.78, 5) is 4.40. The fraction of sp³-hybridized carbons (Fsp3) is 0.455. The predicted molar refractivity (Wildman–Crippen MR) is 60.0 cm³/mol. The van der Waals surface area contributed by atoms with E-state index in [1.807, 2.05) is 13.0 Å². The zero-order chi connectivity index (χ0) is 11.4. The summed E-state index contributed by atoms with van der Waals surface area (Å²) in [5.74, 6) is 0.671. The van der Waals surface area contributed by atoms with E-state index in [1.54, 1.807) is 6.07 Å². The summed E-state index contributed by atoms with van der Waals surface area (Å²) in [5, 5.41) is 11.6. The highest BCUT2D eigenvalue weighted by atomic mass is 16.4. The van der Waals surface area contributed by atoms with Crippen LogP contribution in [-0.4, -0.2) is 16.0 Å². The van der Waals surface area contributed by atoms with E-state index in [4.69, 9.17) is 10.9 Å². The van der Waals surface area contributed by atoms with Gasteiger partial charge in [0, 0.05) is 17.0 Å². The van der Waals surface area contributed by atoms with Crippen LogP contribution in [0.15, 0.2) is 17.3 Å². The zero-order valence-electron chi connectivity index (χ0n) is 9.36. The van der Waals surface area contributed by atoms with Crippen molar-refractivity contribution in [1.29, 1.82) is 0 Å². The molecule has 3 N–H and O–H groups in total. The van der Waals surface area contributed by atoms with Gasteiger partial charge in [0.05, 0.1) is 0 Å². The highest BCUT2D eigenvalue weighted by molar-refractivity contribution is 5.97. The fourth-order valence-corrected chi connectivity index (χ4v) is 1.47. The number of amidine groups is 1. The molecule has 1 rings (SSSR count). The Kier molecular flexibility index (Phi) is 3.66. The number of rotatable bonds is 3. The Bertz CT molecular complexity index is 372. The van der Waals surface area contributed by atoms with Crippen molar-refractivity contribution in [3.05, 3.63) is 29.1 Å². The largest absolute Gasteiger partial charge is 0.409 e. The highest BCUT2D eigenvalue weighted by Crippen LogP contribution is 2.10. The lowest BCUT2D eigenvalue weighted by molar-refractivity contribution is 0.318. The number of hydrogen-bond acceptors (Lipinski definition) is 3. The van der Waals surface area contributed by atoms with Gasteiger partial charge in [-0.1, -0.05) is 19.0 Å². The number of pyridine rings is 1. The van der Waals surface area contributed by atoms with E-state index in [1.165, 1.54) is 0 Å². The monoisotopic (exact) mass is 207 g/mol.